The summed E-state index contributed by atoms with van der Waals surface area (Å²) in [6.07, 6.45) is 1.77. The Morgan fingerprint density at radius 3 is 3.25 bits per heavy atom. The average Bonchev–Trinajstić information content (AvgIpc) is 2.70. The smallest absolute Gasteiger partial charge is 0.222 e. The number of nitrogens with zero attached hydrogens (tertiary/aromatic N) is 4. The van der Waals surface area contributed by atoms with Crippen LogP contribution in [0.3, 0.4) is 0 Å². The number of aliphatic imine (C=N–C) groups is 1. The van der Waals surface area contributed by atoms with Gasteiger partial charge in [-0.15, -0.1) is 4.91 Å². The molecule has 0 spiro atoms. The van der Waals surface area contributed by atoms with Crippen molar-refractivity contribution in [2.75, 3.05) is 25.4 Å². The molecule has 0 bridgehead atoms. The normalized spacial score (nSPS) is 22.8. The molecule has 2 heterocycles. The van der Waals surface area contributed by atoms with Gasteiger partial charge in [-0.2, -0.15) is 0 Å². The number of thioether (sulfide) groups is 1. The maximum atomic E-state index is 10.1. The van der Waals surface area contributed by atoms with Crippen molar-refractivity contribution in [3.63, 3.8) is 0 Å². The molecule has 1 fully saturated rings. The van der Waals surface area contributed by atoms with Crippen molar-refractivity contribution in [3.05, 3.63) is 16.7 Å². The lowest BCUT2D eigenvalue weighted by Crippen LogP contribution is -2.32. The lowest BCUT2D eigenvalue weighted by atomic mass is 10.3. The first-order chi connectivity index (χ1) is 7.79. The fourth-order valence-corrected chi connectivity index (χ4v) is 2.32. The first kappa shape index (κ1) is 11.4. The average molecular weight is 260 g/mol. The van der Waals surface area contributed by atoms with Gasteiger partial charge >= 0.3 is 0 Å². The maximum Gasteiger partial charge on any atom is 0.222 e. The lowest BCUT2D eigenvalue weighted by molar-refractivity contribution is 0.499. The molecule has 0 aromatic rings. The molecule has 2 rings (SSSR count). The largest absolute Gasteiger partial charge is 0.353 e. The third kappa shape index (κ3) is 2.73. The second-order valence-corrected chi connectivity index (χ2v) is 4.86. The highest BCUT2D eigenvalue weighted by molar-refractivity contribution is 8.17. The van der Waals surface area contributed by atoms with Crippen LogP contribution in [0.2, 0.25) is 0 Å². The monoisotopic (exact) mass is 259 g/mol. The van der Waals surface area contributed by atoms with Crippen LogP contribution in [0.1, 0.15) is 0 Å². The molecule has 86 valence electrons. The quantitative estimate of drug-likeness (QED) is 0.610. The topological polar surface area (TPSA) is 69.4 Å². The molecule has 0 saturated carbocycles. The van der Waals surface area contributed by atoms with E-state index in [2.05, 4.69) is 20.7 Å². The molecule has 0 atom stereocenters. The van der Waals surface area contributed by atoms with Crippen LogP contribution < -0.4 is 5.32 Å². The molecule has 0 radical (unpaired) electrons. The van der Waals surface area contributed by atoms with Crippen molar-refractivity contribution in [3.8, 4) is 0 Å². The highest BCUT2D eigenvalue weighted by Crippen LogP contribution is 2.19. The Bertz CT molecular complexity index is 381. The van der Waals surface area contributed by atoms with E-state index >= 15 is 0 Å². The zero-order chi connectivity index (χ0) is 11.4. The van der Waals surface area contributed by atoms with Crippen LogP contribution in [0.25, 0.3) is 0 Å². The highest BCUT2D eigenvalue weighted by Gasteiger charge is 2.20. The maximum absolute atomic E-state index is 10.1. The second-order valence-electron chi connectivity index (χ2n) is 3.31. The van der Waals surface area contributed by atoms with Crippen molar-refractivity contribution in [2.45, 2.75) is 0 Å². The summed E-state index contributed by atoms with van der Waals surface area (Å²) >= 11 is 7.24. The Labute approximate surface area is 102 Å². The van der Waals surface area contributed by atoms with E-state index in [4.69, 9.17) is 11.6 Å². The Hall–Kier alpha value is -1.08. The molecular formula is C8H10ClN5OS. The summed E-state index contributed by atoms with van der Waals surface area (Å²) < 4.78 is 0.562. The molecule has 0 aromatic carbocycles. The Morgan fingerprint density at radius 2 is 2.56 bits per heavy atom. The standard InChI is InChI=1S/C8H10ClN5OS/c9-7-11-3-6(5-16-7)4-14-2-1-10-8(14)12-13-15/h3H,1-2,4-5H2,(H,10,12,15). The molecule has 2 aliphatic rings. The minimum absolute atomic E-state index is 0.529. The number of hydrogen-bond acceptors (Lipinski definition) is 4. The van der Waals surface area contributed by atoms with Gasteiger partial charge in [0.2, 0.25) is 5.96 Å². The van der Waals surface area contributed by atoms with Gasteiger partial charge in [-0.25, -0.2) is 4.99 Å². The number of hydrogen-bond donors (Lipinski definition) is 1. The molecule has 6 nitrogen and oxygen atoms in total. The Kier molecular flexibility index (Phi) is 3.79. The number of nitroso groups, excluding NO2 is 1. The van der Waals surface area contributed by atoms with E-state index in [1.165, 1.54) is 11.8 Å². The number of rotatable bonds is 3. The van der Waals surface area contributed by atoms with Gasteiger partial charge in [-0.1, -0.05) is 28.5 Å². The first-order valence-corrected chi connectivity index (χ1v) is 6.09. The summed E-state index contributed by atoms with van der Waals surface area (Å²) in [4.78, 5) is 16.1. The molecule has 0 aliphatic carbocycles. The van der Waals surface area contributed by atoms with Crippen molar-refractivity contribution in [1.29, 1.82) is 0 Å². The molecule has 0 amide bonds. The van der Waals surface area contributed by atoms with Crippen molar-refractivity contribution >= 4 is 33.8 Å². The highest BCUT2D eigenvalue weighted by atomic mass is 35.5. The van der Waals surface area contributed by atoms with Gasteiger partial charge in [-0.3, -0.25) is 0 Å². The van der Waals surface area contributed by atoms with Crippen LogP contribution in [0.5, 0.6) is 0 Å². The van der Waals surface area contributed by atoms with E-state index in [1.807, 2.05) is 4.90 Å². The van der Waals surface area contributed by atoms with Crippen LogP contribution >= 0.6 is 23.4 Å². The number of halogens is 1. The van der Waals surface area contributed by atoms with E-state index in [1.54, 1.807) is 6.20 Å². The van der Waals surface area contributed by atoms with Crippen LogP contribution in [-0.4, -0.2) is 40.7 Å². The third-order valence-corrected chi connectivity index (χ3v) is 3.50. The van der Waals surface area contributed by atoms with Gasteiger partial charge in [0.1, 0.15) is 0 Å². The van der Waals surface area contributed by atoms with Crippen LogP contribution in [-0.2, 0) is 0 Å². The molecule has 8 heteroatoms. The van der Waals surface area contributed by atoms with E-state index in [0.29, 0.717) is 17.0 Å². The predicted molar refractivity (Wildman–Crippen MR) is 66.6 cm³/mol. The number of guanidine groups is 1. The fourth-order valence-electron chi connectivity index (χ4n) is 1.51. The summed E-state index contributed by atoms with van der Waals surface area (Å²) in [5.74, 6) is 1.35. The summed E-state index contributed by atoms with van der Waals surface area (Å²) in [6, 6.07) is 0. The van der Waals surface area contributed by atoms with Gasteiger partial charge < -0.3 is 10.2 Å². The van der Waals surface area contributed by atoms with Crippen molar-refractivity contribution < 1.29 is 0 Å². The Balaban J connectivity index is 1.99. The first-order valence-electron chi connectivity index (χ1n) is 4.73. The van der Waals surface area contributed by atoms with Crippen LogP contribution in [0.4, 0.5) is 0 Å². The third-order valence-electron chi connectivity index (χ3n) is 2.22. The molecule has 0 aromatic heterocycles. The van der Waals surface area contributed by atoms with Crippen molar-refractivity contribution in [2.24, 2.45) is 15.4 Å². The zero-order valence-electron chi connectivity index (χ0n) is 8.39. The van der Waals surface area contributed by atoms with Gasteiger partial charge in [0.15, 0.2) is 4.50 Å². The Morgan fingerprint density at radius 1 is 1.69 bits per heavy atom. The van der Waals surface area contributed by atoms with E-state index in [-0.39, 0.29) is 0 Å². The van der Waals surface area contributed by atoms with E-state index in [0.717, 1.165) is 24.4 Å². The molecular weight excluding hydrogens is 250 g/mol. The fraction of sp³-hybridized carbons (Fsp3) is 0.500. The van der Waals surface area contributed by atoms with E-state index < -0.39 is 0 Å². The molecule has 2 aliphatic heterocycles. The molecule has 1 N–H and O–H groups in total. The van der Waals surface area contributed by atoms with Gasteiger partial charge in [0.05, 0.1) is 5.29 Å². The summed E-state index contributed by atoms with van der Waals surface area (Å²) in [5, 5.41) is 9.02. The predicted octanol–water partition coefficient (Wildman–Crippen LogP) is 1.15. The van der Waals surface area contributed by atoms with Gasteiger partial charge in [0.25, 0.3) is 0 Å². The number of nitrogens with one attached hydrogen (secondary N) is 1. The summed E-state index contributed by atoms with van der Waals surface area (Å²) in [7, 11) is 0. The molecule has 16 heavy (non-hydrogen) atoms. The van der Waals surface area contributed by atoms with Crippen molar-refractivity contribution in [1.82, 2.24) is 10.2 Å². The van der Waals surface area contributed by atoms with Gasteiger partial charge in [0, 0.05) is 31.6 Å². The minimum Gasteiger partial charge on any atom is -0.353 e. The zero-order valence-corrected chi connectivity index (χ0v) is 9.96. The molecule has 1 saturated heterocycles. The van der Waals surface area contributed by atoms with Gasteiger partial charge in [-0.05, 0) is 5.57 Å². The summed E-state index contributed by atoms with van der Waals surface area (Å²) in [6.45, 7) is 2.29. The van der Waals surface area contributed by atoms with Crippen LogP contribution in [0.15, 0.2) is 27.2 Å². The SMILES string of the molecule is O=NN=C1NCCN1CC1=CN=C(Cl)SC1. The summed E-state index contributed by atoms with van der Waals surface area (Å²) in [5.41, 5.74) is 1.15. The second kappa shape index (κ2) is 5.31. The van der Waals surface area contributed by atoms with Crippen LogP contribution in [0, 0.1) is 4.91 Å². The minimum atomic E-state index is 0.529. The molecule has 0 unspecified atom stereocenters. The lowest BCUT2D eigenvalue weighted by Gasteiger charge is -2.19. The van der Waals surface area contributed by atoms with E-state index in [9.17, 15) is 4.91 Å².